The first-order valence-corrected chi connectivity index (χ1v) is 22.4. The first-order valence-electron chi connectivity index (χ1n) is 19.9. The Kier molecular flexibility index (Phi) is 13.7. The normalized spacial score (nSPS) is 23.0. The van der Waals surface area contributed by atoms with Crippen molar-refractivity contribution in [3.05, 3.63) is 35.4 Å². The van der Waals surface area contributed by atoms with Gasteiger partial charge in [0.15, 0.2) is 0 Å². The van der Waals surface area contributed by atoms with E-state index in [9.17, 15) is 9.59 Å². The third-order valence-corrected chi connectivity index (χ3v) is 14.1. The zero-order valence-corrected chi connectivity index (χ0v) is 32.3. The SMILES string of the molecule is CCCC[C@H]1c2nc(C3CCCCC3)cn2CCN1C(=O)[C@@H](N)CSSC[C@H](N)C(=O)N1CCn2cc(C3CCCCC3)nc2[C@@H]1CCCC. The van der Waals surface area contributed by atoms with Gasteiger partial charge in [-0.05, 0) is 38.5 Å². The van der Waals surface area contributed by atoms with Gasteiger partial charge in [0, 0.05) is 61.9 Å². The molecule has 6 rings (SSSR count). The van der Waals surface area contributed by atoms with Crippen molar-refractivity contribution in [2.45, 2.75) is 166 Å². The molecule has 0 saturated heterocycles. The molecule has 50 heavy (non-hydrogen) atoms. The molecule has 4 heterocycles. The Morgan fingerprint density at radius 2 is 1.08 bits per heavy atom. The summed E-state index contributed by atoms with van der Waals surface area (Å²) in [6.45, 7) is 7.27. The number of unbranched alkanes of at least 4 members (excludes halogenated alkanes) is 2. The van der Waals surface area contributed by atoms with E-state index in [1.807, 2.05) is 9.80 Å². The van der Waals surface area contributed by atoms with Gasteiger partial charge in [0.25, 0.3) is 0 Å². The number of amides is 2. The molecule has 4 aliphatic rings. The molecule has 4 N–H and O–H groups in total. The second-order valence-electron chi connectivity index (χ2n) is 15.3. The van der Waals surface area contributed by atoms with Gasteiger partial charge < -0.3 is 30.4 Å². The predicted molar refractivity (Wildman–Crippen MR) is 205 cm³/mol. The molecular formula is C38H62N8O2S2. The van der Waals surface area contributed by atoms with Crippen molar-refractivity contribution in [3.8, 4) is 0 Å². The van der Waals surface area contributed by atoms with Crippen molar-refractivity contribution in [1.82, 2.24) is 28.9 Å². The molecule has 2 aromatic heterocycles. The van der Waals surface area contributed by atoms with E-state index >= 15 is 0 Å². The highest BCUT2D eigenvalue weighted by atomic mass is 33.1. The molecule has 2 fully saturated rings. The van der Waals surface area contributed by atoms with E-state index in [-0.39, 0.29) is 23.9 Å². The van der Waals surface area contributed by atoms with Gasteiger partial charge in [-0.2, -0.15) is 0 Å². The summed E-state index contributed by atoms with van der Waals surface area (Å²) in [4.78, 5) is 42.0. The van der Waals surface area contributed by atoms with Gasteiger partial charge in [-0.1, -0.05) is 99.6 Å². The van der Waals surface area contributed by atoms with Crippen LogP contribution in [0.15, 0.2) is 12.4 Å². The number of rotatable bonds is 15. The van der Waals surface area contributed by atoms with Crippen molar-refractivity contribution in [1.29, 1.82) is 0 Å². The molecular weight excluding hydrogens is 665 g/mol. The molecule has 0 aromatic carbocycles. The predicted octanol–water partition coefficient (Wildman–Crippen LogP) is 7.06. The lowest BCUT2D eigenvalue weighted by molar-refractivity contribution is -0.136. The maximum Gasteiger partial charge on any atom is 0.241 e. The number of hydrogen-bond acceptors (Lipinski definition) is 8. The van der Waals surface area contributed by atoms with Crippen LogP contribution in [0, 0.1) is 0 Å². The zero-order chi connectivity index (χ0) is 35.0. The molecule has 4 atom stereocenters. The van der Waals surface area contributed by atoms with Gasteiger partial charge in [-0.25, -0.2) is 9.97 Å². The van der Waals surface area contributed by atoms with Gasteiger partial charge in [0.1, 0.15) is 11.6 Å². The molecule has 0 unspecified atom stereocenters. The van der Waals surface area contributed by atoms with Crippen molar-refractivity contribution < 1.29 is 9.59 Å². The minimum atomic E-state index is -0.611. The van der Waals surface area contributed by atoms with E-state index in [0.717, 1.165) is 63.3 Å². The molecule has 2 amide bonds. The van der Waals surface area contributed by atoms with Gasteiger partial charge >= 0.3 is 0 Å². The largest absolute Gasteiger partial charge is 0.331 e. The summed E-state index contributed by atoms with van der Waals surface area (Å²) in [7, 11) is 3.10. The van der Waals surface area contributed by atoms with Crippen LogP contribution in [-0.2, 0) is 22.7 Å². The second-order valence-corrected chi connectivity index (χ2v) is 17.8. The third-order valence-electron chi connectivity index (χ3n) is 11.7. The van der Waals surface area contributed by atoms with Crippen molar-refractivity contribution >= 4 is 33.4 Å². The van der Waals surface area contributed by atoms with E-state index in [0.29, 0.717) is 36.4 Å². The summed E-state index contributed by atoms with van der Waals surface area (Å²) in [5.74, 6) is 4.14. The molecule has 278 valence electrons. The van der Waals surface area contributed by atoms with E-state index < -0.39 is 12.1 Å². The summed E-state index contributed by atoms with van der Waals surface area (Å²) >= 11 is 0. The van der Waals surface area contributed by atoms with Crippen molar-refractivity contribution in [3.63, 3.8) is 0 Å². The number of hydrogen-bond donors (Lipinski definition) is 2. The Morgan fingerprint density at radius 3 is 1.46 bits per heavy atom. The van der Waals surface area contributed by atoms with Gasteiger partial charge in [0.05, 0.1) is 35.6 Å². The Bertz CT molecular complexity index is 1300. The number of carbonyl (C=O) groups is 2. The average Bonchev–Trinajstić information content (AvgIpc) is 3.80. The highest BCUT2D eigenvalue weighted by molar-refractivity contribution is 8.76. The number of nitrogens with zero attached hydrogens (tertiary/aromatic N) is 6. The van der Waals surface area contributed by atoms with Crippen LogP contribution in [0.2, 0.25) is 0 Å². The lowest BCUT2D eigenvalue weighted by Crippen LogP contribution is -2.50. The van der Waals surface area contributed by atoms with E-state index in [1.54, 1.807) is 21.6 Å². The molecule has 0 bridgehead atoms. The lowest BCUT2D eigenvalue weighted by atomic mass is 9.87. The van der Waals surface area contributed by atoms with E-state index in [2.05, 4.69) is 35.4 Å². The minimum Gasteiger partial charge on any atom is -0.331 e. The highest BCUT2D eigenvalue weighted by Gasteiger charge is 2.37. The molecule has 2 aliphatic heterocycles. The maximum absolute atomic E-state index is 13.8. The summed E-state index contributed by atoms with van der Waals surface area (Å²) in [6, 6.07) is -1.27. The summed E-state index contributed by atoms with van der Waals surface area (Å²) < 4.78 is 4.61. The Hall–Kier alpha value is -2.02. The van der Waals surface area contributed by atoms with Crippen LogP contribution >= 0.6 is 21.6 Å². The third kappa shape index (κ3) is 8.77. The quantitative estimate of drug-likeness (QED) is 0.148. The van der Waals surface area contributed by atoms with Gasteiger partial charge in [-0.3, -0.25) is 9.59 Å². The first-order chi connectivity index (χ1) is 24.4. The number of aromatic nitrogens is 4. The highest BCUT2D eigenvalue weighted by Crippen LogP contribution is 2.38. The monoisotopic (exact) mass is 726 g/mol. The Balaban J connectivity index is 1.02. The zero-order valence-electron chi connectivity index (χ0n) is 30.6. The maximum atomic E-state index is 13.8. The first kappa shape index (κ1) is 37.7. The van der Waals surface area contributed by atoms with Crippen LogP contribution in [0.1, 0.15) is 164 Å². The van der Waals surface area contributed by atoms with Crippen molar-refractivity contribution in [2.75, 3.05) is 24.6 Å². The van der Waals surface area contributed by atoms with E-state index in [1.165, 1.54) is 75.6 Å². The summed E-state index contributed by atoms with van der Waals surface area (Å²) in [6.07, 6.45) is 23.3. The lowest BCUT2D eigenvalue weighted by Gasteiger charge is -2.37. The molecule has 2 aromatic rings. The number of imidazole rings is 2. The Labute approximate surface area is 308 Å². The molecule has 0 spiro atoms. The van der Waals surface area contributed by atoms with Gasteiger partial charge in [0.2, 0.25) is 11.8 Å². The number of nitrogens with two attached hydrogens (primary N) is 2. The number of carbonyl (C=O) groups excluding carboxylic acids is 2. The second kappa shape index (κ2) is 18.1. The molecule has 12 heteroatoms. The standard InChI is InChI=1S/C38H62N8O2S2/c1-3-5-17-33-35-41-31(27-13-9-7-10-14-27)23-43(35)19-21-45(33)37(47)29(39)25-49-50-26-30(40)38(48)46-22-20-44-24-32(28-15-11-8-12-16-28)42-36(44)34(46)18-6-4-2/h23-24,27-30,33-34H,3-22,25-26,39-40H2,1-2H3/t29-,30-,33-,34-/m0/s1. The topological polar surface area (TPSA) is 128 Å². The fraction of sp³-hybridized carbons (Fsp3) is 0.789. The summed E-state index contributed by atoms with van der Waals surface area (Å²) in [5, 5.41) is 0. The average molecular weight is 727 g/mol. The van der Waals surface area contributed by atoms with Crippen LogP contribution in [0.3, 0.4) is 0 Å². The fourth-order valence-electron chi connectivity index (χ4n) is 8.71. The van der Waals surface area contributed by atoms with Crippen molar-refractivity contribution in [2.24, 2.45) is 11.5 Å². The van der Waals surface area contributed by atoms with Crippen LogP contribution in [0.4, 0.5) is 0 Å². The Morgan fingerprint density at radius 1 is 0.680 bits per heavy atom. The molecule has 10 nitrogen and oxygen atoms in total. The minimum absolute atomic E-state index is 0.00299. The molecule has 0 radical (unpaired) electrons. The molecule has 2 aliphatic carbocycles. The fourth-order valence-corrected chi connectivity index (χ4v) is 10.9. The van der Waals surface area contributed by atoms with Crippen LogP contribution in [-0.4, -0.2) is 77.4 Å². The van der Waals surface area contributed by atoms with Crippen LogP contribution < -0.4 is 11.5 Å². The smallest absolute Gasteiger partial charge is 0.241 e. The molecule has 2 saturated carbocycles. The summed E-state index contributed by atoms with van der Waals surface area (Å²) in [5.41, 5.74) is 15.6. The van der Waals surface area contributed by atoms with Crippen LogP contribution in [0.25, 0.3) is 0 Å². The van der Waals surface area contributed by atoms with Gasteiger partial charge in [-0.15, -0.1) is 0 Å². The van der Waals surface area contributed by atoms with E-state index in [4.69, 9.17) is 21.4 Å². The number of fused-ring (bicyclic) bond motifs is 2. The van der Waals surface area contributed by atoms with Crippen LogP contribution in [0.5, 0.6) is 0 Å².